The van der Waals surface area contributed by atoms with Crippen LogP contribution in [0.3, 0.4) is 0 Å². The minimum atomic E-state index is -0.128. The third-order valence-corrected chi connectivity index (χ3v) is 3.18. The van der Waals surface area contributed by atoms with E-state index < -0.39 is 0 Å². The van der Waals surface area contributed by atoms with Gasteiger partial charge in [0.05, 0.1) is 16.3 Å². The van der Waals surface area contributed by atoms with Crippen LogP contribution in [0.15, 0.2) is 18.2 Å². The van der Waals surface area contributed by atoms with Crippen molar-refractivity contribution in [3.63, 3.8) is 0 Å². The fourth-order valence-electron chi connectivity index (χ4n) is 1.66. The molecule has 3 N–H and O–H groups in total. The molecule has 0 saturated heterocycles. The highest BCUT2D eigenvalue weighted by atomic mass is 35.5. The number of halogens is 1. The van der Waals surface area contributed by atoms with Gasteiger partial charge in [-0.1, -0.05) is 17.7 Å². The highest BCUT2D eigenvalue weighted by molar-refractivity contribution is 6.36. The summed E-state index contributed by atoms with van der Waals surface area (Å²) < 4.78 is 0. The maximum atomic E-state index is 12.1. The molecule has 5 heteroatoms. The molecule has 1 amide bonds. The maximum Gasteiger partial charge on any atom is 0.255 e. The molecule has 0 aromatic heterocycles. The summed E-state index contributed by atoms with van der Waals surface area (Å²) in [6.45, 7) is 0.836. The van der Waals surface area contributed by atoms with Crippen molar-refractivity contribution in [3.8, 4) is 0 Å². The van der Waals surface area contributed by atoms with Crippen molar-refractivity contribution in [2.24, 2.45) is 0 Å². The van der Waals surface area contributed by atoms with Crippen LogP contribution in [0.1, 0.15) is 29.6 Å². The molecule has 100 valence electrons. The topological polar surface area (TPSA) is 66.6 Å². The van der Waals surface area contributed by atoms with Gasteiger partial charge in [0.1, 0.15) is 0 Å². The lowest BCUT2D eigenvalue weighted by Gasteiger charge is -2.18. The first kappa shape index (κ1) is 14.8. The highest BCUT2D eigenvalue weighted by Gasteiger charge is 2.15. The SMILES string of the molecule is CN(CCCCCO)C(=O)c1cccc(N)c1Cl. The number of nitrogens with two attached hydrogens (primary N) is 1. The molecule has 0 spiro atoms. The molecule has 0 bridgehead atoms. The van der Waals surface area contributed by atoms with E-state index in [4.69, 9.17) is 22.4 Å². The summed E-state index contributed by atoms with van der Waals surface area (Å²) in [5.41, 5.74) is 6.51. The van der Waals surface area contributed by atoms with E-state index in [0.717, 1.165) is 19.3 Å². The first-order valence-electron chi connectivity index (χ1n) is 5.98. The van der Waals surface area contributed by atoms with Gasteiger partial charge in [0.25, 0.3) is 5.91 Å². The van der Waals surface area contributed by atoms with Gasteiger partial charge in [-0.15, -0.1) is 0 Å². The van der Waals surface area contributed by atoms with Crippen molar-refractivity contribution in [1.29, 1.82) is 0 Å². The van der Waals surface area contributed by atoms with Gasteiger partial charge in [-0.3, -0.25) is 4.79 Å². The lowest BCUT2D eigenvalue weighted by molar-refractivity contribution is 0.0792. The van der Waals surface area contributed by atoms with E-state index in [-0.39, 0.29) is 12.5 Å². The number of rotatable bonds is 6. The van der Waals surface area contributed by atoms with Gasteiger partial charge in [0, 0.05) is 20.2 Å². The molecule has 0 unspecified atom stereocenters. The van der Waals surface area contributed by atoms with Crippen molar-refractivity contribution in [3.05, 3.63) is 28.8 Å². The molecule has 1 aromatic rings. The summed E-state index contributed by atoms with van der Waals surface area (Å²) in [5, 5.41) is 8.98. The molecule has 0 atom stereocenters. The van der Waals surface area contributed by atoms with E-state index >= 15 is 0 Å². The number of nitrogen functional groups attached to an aromatic ring is 1. The van der Waals surface area contributed by atoms with Crippen LogP contribution in [0.4, 0.5) is 5.69 Å². The summed E-state index contributed by atoms with van der Waals surface area (Å²) in [6.07, 6.45) is 2.53. The van der Waals surface area contributed by atoms with Crippen LogP contribution >= 0.6 is 11.6 Å². The Kier molecular flexibility index (Phi) is 5.95. The lowest BCUT2D eigenvalue weighted by Crippen LogP contribution is -2.28. The van der Waals surface area contributed by atoms with E-state index in [1.54, 1.807) is 30.1 Å². The predicted molar refractivity (Wildman–Crippen MR) is 73.8 cm³/mol. The number of hydrogen-bond donors (Lipinski definition) is 2. The lowest BCUT2D eigenvalue weighted by atomic mass is 10.1. The second kappa shape index (κ2) is 7.24. The molecule has 0 radical (unpaired) electrons. The Hall–Kier alpha value is -1.26. The summed E-state index contributed by atoms with van der Waals surface area (Å²) >= 11 is 6.01. The second-order valence-electron chi connectivity index (χ2n) is 4.22. The fraction of sp³-hybridized carbons (Fsp3) is 0.462. The smallest absolute Gasteiger partial charge is 0.255 e. The van der Waals surface area contributed by atoms with Crippen LogP contribution in [-0.4, -0.2) is 36.1 Å². The molecule has 1 rings (SSSR count). The standard InChI is InChI=1S/C13H19ClN2O2/c1-16(8-3-2-4-9-17)13(18)10-6-5-7-11(15)12(10)14/h5-7,17H,2-4,8-9,15H2,1H3. The van der Waals surface area contributed by atoms with Crippen molar-refractivity contribution < 1.29 is 9.90 Å². The van der Waals surface area contributed by atoms with Gasteiger partial charge in [-0.25, -0.2) is 0 Å². The number of hydrogen-bond acceptors (Lipinski definition) is 3. The fourth-order valence-corrected chi connectivity index (χ4v) is 1.87. The van der Waals surface area contributed by atoms with E-state index in [1.807, 2.05) is 0 Å². The largest absolute Gasteiger partial charge is 0.398 e. The Morgan fingerprint density at radius 1 is 1.39 bits per heavy atom. The Morgan fingerprint density at radius 3 is 2.78 bits per heavy atom. The summed E-state index contributed by atoms with van der Waals surface area (Å²) in [7, 11) is 1.74. The Labute approximate surface area is 112 Å². The Morgan fingerprint density at radius 2 is 2.11 bits per heavy atom. The minimum Gasteiger partial charge on any atom is -0.398 e. The van der Waals surface area contributed by atoms with Crippen molar-refractivity contribution in [2.75, 3.05) is 25.9 Å². The third kappa shape index (κ3) is 3.89. The number of carbonyl (C=O) groups excluding carboxylic acids is 1. The molecule has 0 saturated carbocycles. The molecular formula is C13H19ClN2O2. The van der Waals surface area contributed by atoms with Crippen LogP contribution < -0.4 is 5.73 Å². The second-order valence-corrected chi connectivity index (χ2v) is 4.60. The van der Waals surface area contributed by atoms with Crippen LogP contribution in [0.5, 0.6) is 0 Å². The average Bonchev–Trinajstić information content (AvgIpc) is 2.37. The monoisotopic (exact) mass is 270 g/mol. The number of nitrogens with zero attached hydrogens (tertiary/aromatic N) is 1. The van der Waals surface area contributed by atoms with E-state index in [1.165, 1.54) is 0 Å². The predicted octanol–water partition coefficient (Wildman–Crippen LogP) is 2.16. The summed E-state index contributed by atoms with van der Waals surface area (Å²) in [6, 6.07) is 5.06. The number of benzene rings is 1. The third-order valence-electron chi connectivity index (χ3n) is 2.76. The molecule has 0 heterocycles. The Bertz CT molecular complexity index is 410. The normalized spacial score (nSPS) is 10.4. The van der Waals surface area contributed by atoms with Crippen LogP contribution in [0.25, 0.3) is 0 Å². The number of carbonyl (C=O) groups is 1. The summed E-state index contributed by atoms with van der Waals surface area (Å²) in [5.74, 6) is -0.128. The summed E-state index contributed by atoms with van der Waals surface area (Å²) in [4.78, 5) is 13.7. The number of aliphatic hydroxyl groups excluding tert-OH is 1. The molecule has 0 aliphatic heterocycles. The first-order chi connectivity index (χ1) is 8.57. The molecular weight excluding hydrogens is 252 g/mol. The first-order valence-corrected chi connectivity index (χ1v) is 6.36. The van der Waals surface area contributed by atoms with Crippen LogP contribution in [0, 0.1) is 0 Å². The molecule has 4 nitrogen and oxygen atoms in total. The quantitative estimate of drug-likeness (QED) is 0.615. The van der Waals surface area contributed by atoms with E-state index in [0.29, 0.717) is 22.8 Å². The average molecular weight is 271 g/mol. The van der Waals surface area contributed by atoms with Gasteiger partial charge < -0.3 is 15.7 Å². The van der Waals surface area contributed by atoms with Gasteiger partial charge in [0.2, 0.25) is 0 Å². The van der Waals surface area contributed by atoms with Crippen molar-refractivity contribution >= 4 is 23.2 Å². The zero-order valence-corrected chi connectivity index (χ0v) is 11.3. The van der Waals surface area contributed by atoms with Gasteiger partial charge in [0.15, 0.2) is 0 Å². The zero-order chi connectivity index (χ0) is 13.5. The number of amides is 1. The molecule has 18 heavy (non-hydrogen) atoms. The zero-order valence-electron chi connectivity index (χ0n) is 10.5. The van der Waals surface area contributed by atoms with Gasteiger partial charge >= 0.3 is 0 Å². The van der Waals surface area contributed by atoms with Crippen LogP contribution in [0.2, 0.25) is 5.02 Å². The Balaban J connectivity index is 2.60. The van der Waals surface area contributed by atoms with Crippen LogP contribution in [-0.2, 0) is 0 Å². The number of unbranched alkanes of at least 4 members (excludes halogenated alkanes) is 2. The van der Waals surface area contributed by atoms with Crippen molar-refractivity contribution in [2.45, 2.75) is 19.3 Å². The highest BCUT2D eigenvalue weighted by Crippen LogP contribution is 2.24. The molecule has 0 aliphatic carbocycles. The van der Waals surface area contributed by atoms with E-state index in [9.17, 15) is 4.79 Å². The minimum absolute atomic E-state index is 0.128. The van der Waals surface area contributed by atoms with E-state index in [2.05, 4.69) is 0 Å². The number of anilines is 1. The van der Waals surface area contributed by atoms with Gasteiger partial charge in [-0.2, -0.15) is 0 Å². The number of aliphatic hydroxyl groups is 1. The van der Waals surface area contributed by atoms with Gasteiger partial charge in [-0.05, 0) is 31.4 Å². The maximum absolute atomic E-state index is 12.1. The molecule has 0 fully saturated rings. The molecule has 1 aromatic carbocycles. The van der Waals surface area contributed by atoms with Crippen molar-refractivity contribution in [1.82, 2.24) is 4.90 Å². The molecule has 0 aliphatic rings.